The van der Waals surface area contributed by atoms with Crippen LogP contribution in [0.3, 0.4) is 0 Å². The molecular formula is C22H26O2S3. The Balaban J connectivity index is 1.47. The van der Waals surface area contributed by atoms with Gasteiger partial charge in [-0.2, -0.15) is 0 Å². The third kappa shape index (κ3) is 5.27. The number of rotatable bonds is 8. The summed E-state index contributed by atoms with van der Waals surface area (Å²) in [6, 6.07) is 9.30. The van der Waals surface area contributed by atoms with Gasteiger partial charge in [-0.1, -0.05) is 11.8 Å². The molecule has 2 atom stereocenters. The molecular weight excluding hydrogens is 392 g/mol. The Hall–Kier alpha value is -0.590. The molecule has 2 heterocycles. The van der Waals surface area contributed by atoms with E-state index < -0.39 is 0 Å². The lowest BCUT2D eigenvalue weighted by molar-refractivity contribution is 0.426. The molecule has 2 aromatic carbocycles. The van der Waals surface area contributed by atoms with Gasteiger partial charge >= 0.3 is 0 Å². The average Bonchev–Trinajstić information content (AvgIpc) is 3.48. The predicted octanol–water partition coefficient (Wildman–Crippen LogP) is 6.05. The molecule has 0 spiro atoms. The van der Waals surface area contributed by atoms with E-state index in [1.54, 1.807) is 0 Å². The van der Waals surface area contributed by atoms with Crippen LogP contribution in [0.2, 0.25) is 0 Å². The minimum Gasteiger partial charge on any atom is -0.372 e. The van der Waals surface area contributed by atoms with E-state index in [1.165, 1.54) is 41.8 Å². The number of aryl methyl sites for hydroxylation is 4. The molecule has 2 fully saturated rings. The smallest absolute Gasteiger partial charge is 0.0903 e. The first-order valence-electron chi connectivity index (χ1n) is 9.38. The van der Waals surface area contributed by atoms with Crippen LogP contribution < -0.4 is 0 Å². The number of ether oxygens (including phenoxy) is 2. The van der Waals surface area contributed by atoms with E-state index in [0.29, 0.717) is 12.2 Å². The number of epoxide rings is 2. The number of hydrogen-bond donors (Lipinski definition) is 0. The van der Waals surface area contributed by atoms with E-state index in [4.69, 9.17) is 9.47 Å². The molecule has 2 unspecified atom stereocenters. The Morgan fingerprint density at radius 1 is 0.704 bits per heavy atom. The van der Waals surface area contributed by atoms with E-state index in [0.717, 1.165) is 24.7 Å². The first kappa shape index (κ1) is 19.7. The maximum Gasteiger partial charge on any atom is 0.0903 e. The second-order valence-electron chi connectivity index (χ2n) is 7.41. The molecule has 2 aromatic rings. The molecule has 0 aliphatic carbocycles. The lowest BCUT2D eigenvalue weighted by atomic mass is 10.1. The lowest BCUT2D eigenvalue weighted by Gasteiger charge is -2.14. The fraction of sp³-hybridized carbons (Fsp3) is 0.455. The molecule has 0 amide bonds. The van der Waals surface area contributed by atoms with Gasteiger partial charge in [-0.25, -0.2) is 0 Å². The van der Waals surface area contributed by atoms with E-state index in [-0.39, 0.29) is 0 Å². The van der Waals surface area contributed by atoms with Gasteiger partial charge in [-0.3, -0.25) is 0 Å². The topological polar surface area (TPSA) is 25.1 Å². The van der Waals surface area contributed by atoms with E-state index in [9.17, 15) is 0 Å². The minimum absolute atomic E-state index is 0.469. The first-order valence-corrected chi connectivity index (χ1v) is 12.2. The number of thioether (sulfide) groups is 2. The molecule has 0 saturated carbocycles. The summed E-state index contributed by atoms with van der Waals surface area (Å²) >= 11 is 5.73. The van der Waals surface area contributed by atoms with Crippen LogP contribution in [0.25, 0.3) is 0 Å². The Labute approximate surface area is 175 Å². The second-order valence-corrected chi connectivity index (χ2v) is 10.6. The Morgan fingerprint density at radius 2 is 1.04 bits per heavy atom. The lowest BCUT2D eigenvalue weighted by Crippen LogP contribution is -1.94. The molecule has 2 aliphatic heterocycles. The second kappa shape index (κ2) is 8.42. The highest BCUT2D eigenvalue weighted by molar-refractivity contribution is 8.00. The third-order valence-corrected chi connectivity index (χ3v) is 8.62. The molecule has 0 N–H and O–H groups in total. The standard InChI is InChI=1S/C22H26O2S3/c1-13-5-19(6-14(2)21(13)25-11-17-9-23-17)27-20-7-15(3)22(16(4)8-20)26-12-18-10-24-18/h5-8,17-18H,9-12H2,1-4H3. The summed E-state index contributed by atoms with van der Waals surface area (Å²) in [5.74, 6) is 2.13. The molecule has 2 saturated heterocycles. The van der Waals surface area contributed by atoms with E-state index in [2.05, 4.69) is 52.0 Å². The van der Waals surface area contributed by atoms with Crippen LogP contribution in [0.1, 0.15) is 22.3 Å². The van der Waals surface area contributed by atoms with Crippen molar-refractivity contribution in [2.75, 3.05) is 24.7 Å². The third-order valence-electron chi connectivity index (χ3n) is 4.74. The molecule has 144 valence electrons. The van der Waals surface area contributed by atoms with Gasteiger partial charge < -0.3 is 9.47 Å². The molecule has 5 heteroatoms. The van der Waals surface area contributed by atoms with Crippen molar-refractivity contribution in [1.29, 1.82) is 0 Å². The van der Waals surface area contributed by atoms with Crippen LogP contribution in [0.15, 0.2) is 43.8 Å². The zero-order chi connectivity index (χ0) is 19.0. The van der Waals surface area contributed by atoms with Gasteiger partial charge in [-0.05, 0) is 74.2 Å². The minimum atomic E-state index is 0.469. The SMILES string of the molecule is Cc1cc(Sc2cc(C)c(SCC3CO3)c(C)c2)cc(C)c1SCC1CO1. The predicted molar refractivity (Wildman–Crippen MR) is 117 cm³/mol. The highest BCUT2D eigenvalue weighted by atomic mass is 32.2. The highest BCUT2D eigenvalue weighted by Gasteiger charge is 2.24. The first-order chi connectivity index (χ1) is 13.0. The average molecular weight is 419 g/mol. The molecule has 0 aromatic heterocycles. The molecule has 27 heavy (non-hydrogen) atoms. The fourth-order valence-corrected chi connectivity index (χ4v) is 6.66. The maximum atomic E-state index is 5.34. The van der Waals surface area contributed by atoms with Crippen molar-refractivity contribution < 1.29 is 9.47 Å². The summed E-state index contributed by atoms with van der Waals surface area (Å²) in [5, 5.41) is 0. The van der Waals surface area contributed by atoms with Gasteiger partial charge in [0.15, 0.2) is 0 Å². The molecule has 0 radical (unpaired) electrons. The normalized spacial score (nSPS) is 20.7. The van der Waals surface area contributed by atoms with Gasteiger partial charge in [0, 0.05) is 31.1 Å². The summed E-state index contributed by atoms with van der Waals surface area (Å²) in [7, 11) is 0. The molecule has 2 aliphatic rings. The quantitative estimate of drug-likeness (QED) is 0.384. The number of hydrogen-bond acceptors (Lipinski definition) is 5. The van der Waals surface area contributed by atoms with Crippen molar-refractivity contribution in [3.63, 3.8) is 0 Å². The van der Waals surface area contributed by atoms with Gasteiger partial charge in [-0.15, -0.1) is 23.5 Å². The Morgan fingerprint density at radius 3 is 1.33 bits per heavy atom. The summed E-state index contributed by atoms with van der Waals surface area (Å²) in [4.78, 5) is 5.47. The van der Waals surface area contributed by atoms with Crippen molar-refractivity contribution in [3.8, 4) is 0 Å². The van der Waals surface area contributed by atoms with Gasteiger partial charge in [0.25, 0.3) is 0 Å². The zero-order valence-electron chi connectivity index (χ0n) is 16.3. The monoisotopic (exact) mass is 418 g/mol. The van der Waals surface area contributed by atoms with Crippen molar-refractivity contribution in [3.05, 3.63) is 46.5 Å². The summed E-state index contributed by atoms with van der Waals surface area (Å²) in [6.45, 7) is 10.8. The van der Waals surface area contributed by atoms with E-state index in [1.807, 2.05) is 35.3 Å². The maximum absolute atomic E-state index is 5.34. The highest BCUT2D eigenvalue weighted by Crippen LogP contribution is 2.38. The van der Waals surface area contributed by atoms with Crippen LogP contribution in [0.4, 0.5) is 0 Å². The summed E-state index contributed by atoms with van der Waals surface area (Å²) in [5.41, 5.74) is 5.47. The van der Waals surface area contributed by atoms with Crippen LogP contribution in [-0.2, 0) is 9.47 Å². The molecule has 2 nitrogen and oxygen atoms in total. The summed E-state index contributed by atoms with van der Waals surface area (Å²) < 4.78 is 10.7. The van der Waals surface area contributed by atoms with E-state index >= 15 is 0 Å². The van der Waals surface area contributed by atoms with Crippen molar-refractivity contribution >= 4 is 35.3 Å². The summed E-state index contributed by atoms with van der Waals surface area (Å²) in [6.07, 6.45) is 0.938. The fourth-order valence-electron chi connectivity index (χ4n) is 3.21. The molecule has 0 bridgehead atoms. The Kier molecular flexibility index (Phi) is 6.15. The van der Waals surface area contributed by atoms with Crippen LogP contribution in [0.5, 0.6) is 0 Å². The van der Waals surface area contributed by atoms with Gasteiger partial charge in [0.1, 0.15) is 0 Å². The Bertz CT molecular complexity index is 726. The van der Waals surface area contributed by atoms with Crippen molar-refractivity contribution in [2.24, 2.45) is 0 Å². The number of benzene rings is 2. The van der Waals surface area contributed by atoms with Gasteiger partial charge in [0.2, 0.25) is 0 Å². The van der Waals surface area contributed by atoms with Crippen molar-refractivity contribution in [1.82, 2.24) is 0 Å². The van der Waals surface area contributed by atoms with Crippen LogP contribution in [-0.4, -0.2) is 36.9 Å². The van der Waals surface area contributed by atoms with Gasteiger partial charge in [0.05, 0.1) is 25.4 Å². The van der Waals surface area contributed by atoms with Crippen molar-refractivity contribution in [2.45, 2.75) is 59.5 Å². The largest absolute Gasteiger partial charge is 0.372 e. The van der Waals surface area contributed by atoms with Crippen LogP contribution >= 0.6 is 35.3 Å². The molecule has 4 rings (SSSR count). The zero-order valence-corrected chi connectivity index (χ0v) is 18.8. The van der Waals surface area contributed by atoms with Crippen LogP contribution in [0, 0.1) is 27.7 Å².